The third-order valence-electron chi connectivity index (χ3n) is 0.847. The van der Waals surface area contributed by atoms with Crippen LogP contribution in [0.1, 0.15) is 0 Å². The van der Waals surface area contributed by atoms with Crippen LogP contribution >= 0.6 is 35.8 Å². The average Bonchev–Trinajstić information content (AvgIpc) is 1.59. The molecule has 10 heavy (non-hydrogen) atoms. The molecule has 0 saturated heterocycles. The van der Waals surface area contributed by atoms with Crippen molar-refractivity contribution in [3.05, 3.63) is 28.2 Å². The Morgan fingerprint density at radius 3 is 1.70 bits per heavy atom. The third kappa shape index (κ3) is 3.25. The van der Waals surface area contributed by atoms with Gasteiger partial charge in [-0.3, -0.25) is 0 Å². The van der Waals surface area contributed by atoms with E-state index in [0.29, 0.717) is 10.0 Å². The number of rotatable bonds is 0. The minimum atomic E-state index is 0. The predicted molar refractivity (Wildman–Crippen MR) is 43.7 cm³/mol. The summed E-state index contributed by atoms with van der Waals surface area (Å²) in [6, 6.07) is 5.13. The van der Waals surface area contributed by atoms with Gasteiger partial charge in [0, 0.05) is 34.4 Å². The van der Waals surface area contributed by atoms with Crippen molar-refractivity contribution in [3.8, 4) is 0 Å². The maximum atomic E-state index is 5.62. The van der Waals surface area contributed by atoms with Gasteiger partial charge < -0.3 is 0 Å². The van der Waals surface area contributed by atoms with Crippen LogP contribution in [0, 0.1) is 0 Å². The van der Waals surface area contributed by atoms with E-state index >= 15 is 0 Å². The Hall–Kier alpha value is 0.773. The second-order valence-electron chi connectivity index (χ2n) is 1.63. The van der Waals surface area contributed by atoms with E-state index in [4.69, 9.17) is 23.2 Å². The molecule has 0 aliphatic rings. The molecule has 0 heterocycles. The molecule has 0 aliphatic heterocycles. The monoisotopic (exact) mass is 242 g/mol. The van der Waals surface area contributed by atoms with E-state index in [9.17, 15) is 0 Å². The van der Waals surface area contributed by atoms with Crippen molar-refractivity contribution in [3.63, 3.8) is 0 Å². The summed E-state index contributed by atoms with van der Waals surface area (Å²) >= 11 is 15.3. The molecule has 0 bridgehead atoms. The van der Waals surface area contributed by atoms with Crippen molar-refractivity contribution in [1.82, 2.24) is 0 Å². The van der Waals surface area contributed by atoms with E-state index in [2.05, 4.69) is 12.6 Å². The summed E-state index contributed by atoms with van der Waals surface area (Å²) in [5.74, 6) is 0. The summed E-state index contributed by atoms with van der Waals surface area (Å²) in [6.07, 6.45) is 0. The molecular formula is C6H4Cl2SZn. The second-order valence-corrected chi connectivity index (χ2v) is 3.02. The van der Waals surface area contributed by atoms with Gasteiger partial charge >= 0.3 is 0 Å². The third-order valence-corrected chi connectivity index (χ3v) is 1.54. The van der Waals surface area contributed by atoms with E-state index < -0.39 is 0 Å². The van der Waals surface area contributed by atoms with E-state index in [1.165, 1.54) is 0 Å². The van der Waals surface area contributed by atoms with Crippen LogP contribution in [0.15, 0.2) is 23.1 Å². The Balaban J connectivity index is 0.000000810. The van der Waals surface area contributed by atoms with Gasteiger partial charge in [-0.05, 0) is 18.2 Å². The van der Waals surface area contributed by atoms with Gasteiger partial charge in [0.15, 0.2) is 0 Å². The van der Waals surface area contributed by atoms with Gasteiger partial charge in [-0.2, -0.15) is 0 Å². The molecule has 4 heteroatoms. The molecule has 0 N–H and O–H groups in total. The van der Waals surface area contributed by atoms with Crippen molar-refractivity contribution >= 4 is 35.8 Å². The van der Waals surface area contributed by atoms with Gasteiger partial charge in [0.1, 0.15) is 0 Å². The molecule has 0 amide bonds. The van der Waals surface area contributed by atoms with Gasteiger partial charge in [-0.1, -0.05) is 23.2 Å². The first-order valence-electron chi connectivity index (χ1n) is 2.33. The quantitative estimate of drug-likeness (QED) is 0.525. The normalized spacial score (nSPS) is 8.70. The molecule has 0 fully saturated rings. The topological polar surface area (TPSA) is 0 Å². The van der Waals surface area contributed by atoms with Crippen molar-refractivity contribution < 1.29 is 19.5 Å². The van der Waals surface area contributed by atoms with E-state index in [0.717, 1.165) is 4.90 Å². The zero-order valence-corrected chi connectivity index (χ0v) is 10.5. The zero-order valence-electron chi connectivity index (χ0n) is 5.14. The summed E-state index contributed by atoms with van der Waals surface area (Å²) in [6.45, 7) is 0. The standard InChI is InChI=1S/C6H4Cl2S.Zn/c7-4-1-5(8)3-6(9)2-4;/h1-3,9H;. The van der Waals surface area contributed by atoms with Crippen molar-refractivity contribution in [1.29, 1.82) is 0 Å². The Bertz CT molecular complexity index is 177. The number of halogens is 2. The summed E-state index contributed by atoms with van der Waals surface area (Å²) < 4.78 is 0. The molecule has 1 rings (SSSR count). The van der Waals surface area contributed by atoms with Crippen LogP contribution in [-0.4, -0.2) is 0 Å². The molecule has 50 valence electrons. The van der Waals surface area contributed by atoms with Gasteiger partial charge in [0.25, 0.3) is 0 Å². The molecule has 0 saturated carbocycles. The molecule has 1 aromatic carbocycles. The Morgan fingerprint density at radius 2 is 1.40 bits per heavy atom. The van der Waals surface area contributed by atoms with E-state index in [1.807, 2.05) is 0 Å². The number of hydrogen-bond acceptors (Lipinski definition) is 1. The van der Waals surface area contributed by atoms with Crippen LogP contribution in [0.4, 0.5) is 0 Å². The summed E-state index contributed by atoms with van der Waals surface area (Å²) in [5.41, 5.74) is 0. The Morgan fingerprint density at radius 1 is 1.00 bits per heavy atom. The molecule has 0 unspecified atom stereocenters. The fourth-order valence-electron chi connectivity index (χ4n) is 0.539. The van der Waals surface area contributed by atoms with Crippen LogP contribution in [0.25, 0.3) is 0 Å². The first-order valence-corrected chi connectivity index (χ1v) is 3.54. The minimum absolute atomic E-state index is 0. The SMILES string of the molecule is Sc1cc(Cl)cc(Cl)c1.[Zn]. The van der Waals surface area contributed by atoms with Crippen LogP contribution in [0.3, 0.4) is 0 Å². The summed E-state index contributed by atoms with van der Waals surface area (Å²) in [4.78, 5) is 0.785. The fraction of sp³-hybridized carbons (Fsp3) is 0. The van der Waals surface area contributed by atoms with Gasteiger partial charge in [-0.15, -0.1) is 12.6 Å². The molecule has 0 atom stereocenters. The molecule has 0 aliphatic carbocycles. The Kier molecular flexibility index (Phi) is 4.97. The maximum absolute atomic E-state index is 5.62. The number of benzene rings is 1. The van der Waals surface area contributed by atoms with Gasteiger partial charge in [0.2, 0.25) is 0 Å². The van der Waals surface area contributed by atoms with Gasteiger partial charge in [0.05, 0.1) is 0 Å². The van der Waals surface area contributed by atoms with Crippen molar-refractivity contribution in [2.75, 3.05) is 0 Å². The van der Waals surface area contributed by atoms with Crippen molar-refractivity contribution in [2.45, 2.75) is 4.90 Å². The second kappa shape index (κ2) is 4.61. The minimum Gasteiger partial charge on any atom is -0.143 e. The predicted octanol–water partition coefficient (Wildman–Crippen LogP) is 3.28. The molecule has 1 aromatic rings. The number of thiol groups is 1. The van der Waals surface area contributed by atoms with Crippen LogP contribution in [-0.2, 0) is 19.5 Å². The van der Waals surface area contributed by atoms with E-state index in [-0.39, 0.29) is 19.5 Å². The van der Waals surface area contributed by atoms with Crippen LogP contribution in [0.2, 0.25) is 10.0 Å². The summed E-state index contributed by atoms with van der Waals surface area (Å²) in [5, 5.41) is 1.24. The Labute approximate surface area is 88.1 Å². The first-order chi connectivity index (χ1) is 4.18. The molecule has 0 nitrogen and oxygen atoms in total. The number of hydrogen-bond donors (Lipinski definition) is 1. The van der Waals surface area contributed by atoms with Crippen LogP contribution < -0.4 is 0 Å². The summed E-state index contributed by atoms with van der Waals surface area (Å²) in [7, 11) is 0. The average molecular weight is 244 g/mol. The zero-order chi connectivity index (χ0) is 6.85. The van der Waals surface area contributed by atoms with Gasteiger partial charge in [-0.25, -0.2) is 0 Å². The molecular weight excluding hydrogens is 240 g/mol. The van der Waals surface area contributed by atoms with E-state index in [1.54, 1.807) is 18.2 Å². The molecule has 0 radical (unpaired) electrons. The maximum Gasteiger partial charge on any atom is 0.0431 e. The largest absolute Gasteiger partial charge is 0.143 e. The molecule has 0 aromatic heterocycles. The first kappa shape index (κ1) is 10.8. The molecule has 0 spiro atoms. The van der Waals surface area contributed by atoms with Crippen molar-refractivity contribution in [2.24, 2.45) is 0 Å². The fourth-order valence-corrected chi connectivity index (χ4v) is 1.50. The van der Waals surface area contributed by atoms with Crippen LogP contribution in [0.5, 0.6) is 0 Å². The smallest absolute Gasteiger partial charge is 0.0431 e.